The maximum Gasteiger partial charge on any atom is 0.231 e. The molecule has 2 rings (SSSR count). The van der Waals surface area contributed by atoms with E-state index in [-0.39, 0.29) is 24.2 Å². The van der Waals surface area contributed by atoms with E-state index < -0.39 is 0 Å². The van der Waals surface area contributed by atoms with Crippen LogP contribution in [0.25, 0.3) is 0 Å². The highest BCUT2D eigenvalue weighted by molar-refractivity contribution is 6.02. The summed E-state index contributed by atoms with van der Waals surface area (Å²) in [5.74, 6) is -0.838. The van der Waals surface area contributed by atoms with Gasteiger partial charge in [-0.25, -0.2) is 4.39 Å². The first-order valence-corrected chi connectivity index (χ1v) is 5.37. The van der Waals surface area contributed by atoms with Crippen molar-refractivity contribution in [2.24, 2.45) is 0 Å². The number of fused-ring (bicyclic) bond motifs is 1. The number of carbonyl (C=O) groups is 1. The molecule has 0 saturated carbocycles. The smallest absolute Gasteiger partial charge is 0.231 e. The van der Waals surface area contributed by atoms with Gasteiger partial charge < -0.3 is 10.4 Å². The average molecular weight is 223 g/mol. The van der Waals surface area contributed by atoms with Gasteiger partial charge in [0.25, 0.3) is 0 Å². The van der Waals surface area contributed by atoms with E-state index >= 15 is 0 Å². The van der Waals surface area contributed by atoms with Crippen LogP contribution in [0.15, 0.2) is 12.1 Å². The molecule has 2 N–H and O–H groups in total. The molecule has 1 aliphatic rings. The largest absolute Gasteiger partial charge is 0.396 e. The summed E-state index contributed by atoms with van der Waals surface area (Å²) in [5.41, 5.74) is 1.86. The molecule has 1 aromatic rings. The number of hydrogen-bond acceptors (Lipinski definition) is 2. The van der Waals surface area contributed by atoms with Crippen molar-refractivity contribution in [3.63, 3.8) is 0 Å². The summed E-state index contributed by atoms with van der Waals surface area (Å²) in [7, 11) is 0. The molecule has 0 aliphatic carbocycles. The van der Waals surface area contributed by atoms with E-state index in [2.05, 4.69) is 5.32 Å². The van der Waals surface area contributed by atoms with Crippen LogP contribution in [0.2, 0.25) is 0 Å². The van der Waals surface area contributed by atoms with Gasteiger partial charge in [0.2, 0.25) is 5.91 Å². The summed E-state index contributed by atoms with van der Waals surface area (Å²) in [6.45, 7) is 1.85. The zero-order chi connectivity index (χ0) is 11.7. The third kappa shape index (κ3) is 1.80. The summed E-state index contributed by atoms with van der Waals surface area (Å²) in [5, 5.41) is 11.3. The van der Waals surface area contributed by atoms with E-state index in [1.165, 1.54) is 6.07 Å². The van der Waals surface area contributed by atoms with Crippen LogP contribution in [0.1, 0.15) is 30.4 Å². The minimum Gasteiger partial charge on any atom is -0.396 e. The number of amides is 1. The molecule has 0 fully saturated rings. The predicted molar refractivity (Wildman–Crippen MR) is 58.9 cm³/mol. The van der Waals surface area contributed by atoms with Crippen LogP contribution in [0, 0.1) is 5.82 Å². The van der Waals surface area contributed by atoms with Crippen molar-refractivity contribution in [2.45, 2.75) is 25.7 Å². The Morgan fingerprint density at radius 2 is 2.25 bits per heavy atom. The Morgan fingerprint density at radius 3 is 2.94 bits per heavy atom. The van der Waals surface area contributed by atoms with Gasteiger partial charge in [0.05, 0.1) is 11.6 Å². The Kier molecular flexibility index (Phi) is 2.92. The molecule has 1 heterocycles. The van der Waals surface area contributed by atoms with Gasteiger partial charge in [0.1, 0.15) is 5.82 Å². The van der Waals surface area contributed by atoms with Crippen LogP contribution >= 0.6 is 0 Å². The molecule has 4 heteroatoms. The van der Waals surface area contributed by atoms with Crippen molar-refractivity contribution < 1.29 is 14.3 Å². The van der Waals surface area contributed by atoms with Crippen molar-refractivity contribution in [1.82, 2.24) is 0 Å². The topological polar surface area (TPSA) is 49.3 Å². The van der Waals surface area contributed by atoms with Crippen LogP contribution in [0.4, 0.5) is 10.1 Å². The van der Waals surface area contributed by atoms with Crippen LogP contribution in [-0.2, 0) is 11.2 Å². The Bertz CT molecular complexity index is 431. The summed E-state index contributed by atoms with van der Waals surface area (Å²) in [6, 6.07) is 3.27. The molecular weight excluding hydrogens is 209 g/mol. The van der Waals surface area contributed by atoms with Gasteiger partial charge >= 0.3 is 0 Å². The van der Waals surface area contributed by atoms with Gasteiger partial charge in [-0.2, -0.15) is 0 Å². The van der Waals surface area contributed by atoms with E-state index in [0.717, 1.165) is 11.1 Å². The standard InChI is InChI=1S/C12H14FNO2/c1-7-9-5-8(3-2-4-15)6-10(13)11(9)14-12(7)16/h5-7,15H,2-4H2,1H3,(H,14,16). The number of hydrogen-bond donors (Lipinski definition) is 2. The lowest BCUT2D eigenvalue weighted by molar-refractivity contribution is -0.116. The van der Waals surface area contributed by atoms with E-state index in [1.807, 2.05) is 6.07 Å². The molecule has 3 nitrogen and oxygen atoms in total. The van der Waals surface area contributed by atoms with E-state index in [9.17, 15) is 9.18 Å². The fourth-order valence-electron chi connectivity index (χ4n) is 1.96. The SMILES string of the molecule is CC1C(=O)Nc2c(F)cc(CCCO)cc21. The van der Waals surface area contributed by atoms with Crippen LogP contribution in [0.3, 0.4) is 0 Å². The normalized spacial score (nSPS) is 18.4. The minimum atomic E-state index is -0.386. The molecule has 16 heavy (non-hydrogen) atoms. The Morgan fingerprint density at radius 1 is 1.50 bits per heavy atom. The zero-order valence-electron chi connectivity index (χ0n) is 9.09. The predicted octanol–water partition coefficient (Wildman–Crippen LogP) is 1.81. The van der Waals surface area contributed by atoms with Crippen molar-refractivity contribution in [1.29, 1.82) is 0 Å². The molecular formula is C12H14FNO2. The number of halogens is 1. The zero-order valence-corrected chi connectivity index (χ0v) is 9.09. The lowest BCUT2D eigenvalue weighted by Gasteiger charge is -2.06. The van der Waals surface area contributed by atoms with Crippen molar-refractivity contribution in [3.05, 3.63) is 29.1 Å². The Balaban J connectivity index is 2.35. The summed E-state index contributed by atoms with van der Waals surface area (Å²) < 4.78 is 13.6. The highest BCUT2D eigenvalue weighted by Gasteiger charge is 2.29. The molecule has 1 unspecified atom stereocenters. The Hall–Kier alpha value is -1.42. The summed E-state index contributed by atoms with van der Waals surface area (Å²) in [4.78, 5) is 11.4. The fourth-order valence-corrected chi connectivity index (χ4v) is 1.96. The molecule has 0 spiro atoms. The molecule has 0 bridgehead atoms. The van der Waals surface area contributed by atoms with Gasteiger partial charge in [-0.1, -0.05) is 6.07 Å². The number of aryl methyl sites for hydroxylation is 1. The second-order valence-corrected chi connectivity index (χ2v) is 4.08. The first-order chi connectivity index (χ1) is 7.63. The molecule has 1 atom stereocenters. The first-order valence-electron chi connectivity index (χ1n) is 5.37. The van der Waals surface area contributed by atoms with Gasteiger partial charge in [-0.15, -0.1) is 0 Å². The van der Waals surface area contributed by atoms with Crippen molar-refractivity contribution >= 4 is 11.6 Å². The Labute approximate surface area is 93.3 Å². The second-order valence-electron chi connectivity index (χ2n) is 4.08. The van der Waals surface area contributed by atoms with Gasteiger partial charge in [0.15, 0.2) is 0 Å². The highest BCUT2D eigenvalue weighted by Crippen LogP contribution is 2.35. The third-order valence-corrected chi connectivity index (χ3v) is 2.91. The summed E-state index contributed by atoms with van der Waals surface area (Å²) >= 11 is 0. The number of anilines is 1. The van der Waals surface area contributed by atoms with E-state index in [0.29, 0.717) is 18.5 Å². The van der Waals surface area contributed by atoms with Gasteiger partial charge in [-0.05, 0) is 37.0 Å². The number of benzene rings is 1. The van der Waals surface area contributed by atoms with E-state index in [4.69, 9.17) is 5.11 Å². The molecule has 1 aliphatic heterocycles. The lowest BCUT2D eigenvalue weighted by Crippen LogP contribution is -2.08. The molecule has 1 aromatic carbocycles. The number of aliphatic hydroxyl groups is 1. The van der Waals surface area contributed by atoms with Crippen LogP contribution < -0.4 is 5.32 Å². The van der Waals surface area contributed by atoms with Gasteiger partial charge in [0, 0.05) is 6.61 Å². The molecule has 0 aromatic heterocycles. The quantitative estimate of drug-likeness (QED) is 0.821. The van der Waals surface area contributed by atoms with E-state index in [1.54, 1.807) is 6.92 Å². The first kappa shape index (κ1) is 11.1. The third-order valence-electron chi connectivity index (χ3n) is 2.91. The number of aliphatic hydroxyl groups excluding tert-OH is 1. The number of carbonyl (C=O) groups excluding carboxylic acids is 1. The number of nitrogens with one attached hydrogen (secondary N) is 1. The average Bonchev–Trinajstić information content (AvgIpc) is 2.54. The van der Waals surface area contributed by atoms with Crippen LogP contribution in [0.5, 0.6) is 0 Å². The maximum absolute atomic E-state index is 13.6. The molecule has 1 amide bonds. The molecule has 86 valence electrons. The minimum absolute atomic E-state index is 0.0887. The van der Waals surface area contributed by atoms with Crippen molar-refractivity contribution in [3.8, 4) is 0 Å². The second kappa shape index (κ2) is 4.22. The molecule has 0 saturated heterocycles. The maximum atomic E-state index is 13.6. The van der Waals surface area contributed by atoms with Gasteiger partial charge in [-0.3, -0.25) is 4.79 Å². The monoisotopic (exact) mass is 223 g/mol. The number of rotatable bonds is 3. The summed E-state index contributed by atoms with van der Waals surface area (Å²) in [6.07, 6.45) is 1.23. The lowest BCUT2D eigenvalue weighted by atomic mass is 9.98. The van der Waals surface area contributed by atoms with Crippen LogP contribution in [-0.4, -0.2) is 17.6 Å². The van der Waals surface area contributed by atoms with Crippen molar-refractivity contribution in [2.75, 3.05) is 11.9 Å². The molecule has 0 radical (unpaired) electrons. The fraction of sp³-hybridized carbons (Fsp3) is 0.417. The highest BCUT2D eigenvalue weighted by atomic mass is 19.1.